The molecule has 0 aliphatic carbocycles. The molecule has 0 bridgehead atoms. The lowest BCUT2D eigenvalue weighted by Crippen LogP contribution is -2.29. The Kier molecular flexibility index (Phi) is 5.18. The van der Waals surface area contributed by atoms with E-state index in [-0.39, 0.29) is 22.5 Å². The molecule has 0 fully saturated rings. The molecule has 1 atom stereocenters. The van der Waals surface area contributed by atoms with Gasteiger partial charge in [0, 0.05) is 10.7 Å². The number of hydrogen-bond donors (Lipinski definition) is 0. The van der Waals surface area contributed by atoms with Crippen LogP contribution < -0.4 is 10.3 Å². The van der Waals surface area contributed by atoms with Crippen LogP contribution in [-0.4, -0.2) is 5.91 Å². The monoisotopic (exact) mass is 471 g/mol. The van der Waals surface area contributed by atoms with Gasteiger partial charge in [-0.2, -0.15) is 0 Å². The van der Waals surface area contributed by atoms with Crippen molar-refractivity contribution in [1.29, 1.82) is 0 Å². The van der Waals surface area contributed by atoms with Gasteiger partial charge < -0.3 is 4.42 Å². The zero-order valence-electron chi connectivity index (χ0n) is 19.9. The number of fused-ring (bicyclic) bond motifs is 2. The van der Waals surface area contributed by atoms with E-state index in [1.165, 1.54) is 5.56 Å². The van der Waals surface area contributed by atoms with Crippen LogP contribution in [0.25, 0.3) is 11.0 Å². The van der Waals surface area contributed by atoms with Gasteiger partial charge >= 0.3 is 0 Å². The van der Waals surface area contributed by atoms with Crippen molar-refractivity contribution in [2.24, 2.45) is 0 Å². The molecule has 1 amide bonds. The van der Waals surface area contributed by atoms with Crippen LogP contribution in [0, 0.1) is 13.8 Å². The second-order valence-corrected chi connectivity index (χ2v) is 10.5. The largest absolute Gasteiger partial charge is 0.450 e. The van der Waals surface area contributed by atoms with Crippen molar-refractivity contribution in [3.8, 4) is 0 Å². The van der Waals surface area contributed by atoms with Crippen molar-refractivity contribution in [1.82, 2.24) is 0 Å². The third-order valence-electron chi connectivity index (χ3n) is 6.69. The number of carbonyl (C=O) groups excluding carboxylic acids is 1. The van der Waals surface area contributed by atoms with E-state index in [4.69, 9.17) is 16.0 Å². The van der Waals surface area contributed by atoms with Gasteiger partial charge in [-0.3, -0.25) is 14.5 Å². The standard InChI is InChI=1S/C29H26ClNO3/c1-16-6-12-21(14-17(16)2)31-25(18-7-9-19(10-8-18)29(3,4)5)24-26(32)22-15-20(30)11-13-23(22)34-27(24)28(31)33/h6-15,25H,1-5H3. The van der Waals surface area contributed by atoms with E-state index < -0.39 is 6.04 Å². The van der Waals surface area contributed by atoms with Gasteiger partial charge in [-0.15, -0.1) is 0 Å². The first-order valence-corrected chi connectivity index (χ1v) is 11.7. The Labute approximate surface area is 203 Å². The molecule has 1 unspecified atom stereocenters. The number of anilines is 1. The maximum Gasteiger partial charge on any atom is 0.295 e. The highest BCUT2D eigenvalue weighted by molar-refractivity contribution is 6.31. The highest BCUT2D eigenvalue weighted by atomic mass is 35.5. The summed E-state index contributed by atoms with van der Waals surface area (Å²) in [5.74, 6) is -0.236. The summed E-state index contributed by atoms with van der Waals surface area (Å²) in [6, 6.07) is 18.3. The van der Waals surface area contributed by atoms with Crippen LogP contribution in [0.5, 0.6) is 0 Å². The first-order chi connectivity index (χ1) is 16.1. The summed E-state index contributed by atoms with van der Waals surface area (Å²) >= 11 is 6.18. The molecule has 0 radical (unpaired) electrons. The minimum atomic E-state index is -0.599. The van der Waals surface area contributed by atoms with Crippen molar-refractivity contribution < 1.29 is 9.21 Å². The van der Waals surface area contributed by atoms with Gasteiger partial charge in [-0.05, 0) is 71.8 Å². The van der Waals surface area contributed by atoms with Gasteiger partial charge in [0.1, 0.15) is 5.58 Å². The fourth-order valence-electron chi connectivity index (χ4n) is 4.57. The van der Waals surface area contributed by atoms with E-state index in [1.54, 1.807) is 23.1 Å². The Morgan fingerprint density at radius 1 is 0.882 bits per heavy atom. The van der Waals surface area contributed by atoms with Crippen LogP contribution in [0.15, 0.2) is 69.9 Å². The molecule has 5 heteroatoms. The van der Waals surface area contributed by atoms with Crippen LogP contribution in [0.1, 0.15) is 65.2 Å². The Bertz CT molecular complexity index is 1510. The third kappa shape index (κ3) is 3.54. The molecule has 0 saturated heterocycles. The minimum Gasteiger partial charge on any atom is -0.450 e. The van der Waals surface area contributed by atoms with E-state index in [0.717, 1.165) is 22.4 Å². The Morgan fingerprint density at radius 3 is 2.24 bits per heavy atom. The molecule has 34 heavy (non-hydrogen) atoms. The quantitative estimate of drug-likeness (QED) is 0.313. The van der Waals surface area contributed by atoms with E-state index in [0.29, 0.717) is 21.6 Å². The topological polar surface area (TPSA) is 50.5 Å². The van der Waals surface area contributed by atoms with Gasteiger partial charge in [0.2, 0.25) is 5.76 Å². The highest BCUT2D eigenvalue weighted by Gasteiger charge is 2.43. The van der Waals surface area contributed by atoms with Crippen LogP contribution in [0.4, 0.5) is 5.69 Å². The SMILES string of the molecule is Cc1ccc(N2C(=O)c3oc4ccc(Cl)cc4c(=O)c3C2c2ccc(C(C)(C)C)cc2)cc1C. The molecule has 4 aromatic rings. The molecule has 3 aromatic carbocycles. The number of hydrogen-bond acceptors (Lipinski definition) is 3. The van der Waals surface area contributed by atoms with Gasteiger partial charge in [0.15, 0.2) is 5.43 Å². The van der Waals surface area contributed by atoms with Crippen molar-refractivity contribution in [2.45, 2.75) is 46.1 Å². The minimum absolute atomic E-state index is 0.0122. The van der Waals surface area contributed by atoms with Crippen LogP contribution in [0.2, 0.25) is 5.02 Å². The second-order valence-electron chi connectivity index (χ2n) is 10.0. The zero-order chi connectivity index (χ0) is 24.4. The molecule has 0 N–H and O–H groups in total. The second kappa shape index (κ2) is 7.85. The molecule has 5 rings (SSSR count). The fraction of sp³-hybridized carbons (Fsp3) is 0.241. The van der Waals surface area contributed by atoms with Crippen LogP contribution in [0.3, 0.4) is 0 Å². The lowest BCUT2D eigenvalue weighted by atomic mass is 9.86. The first-order valence-electron chi connectivity index (χ1n) is 11.3. The Morgan fingerprint density at radius 2 is 1.59 bits per heavy atom. The number of amides is 1. The van der Waals surface area contributed by atoms with Gasteiger partial charge in [-0.25, -0.2) is 0 Å². The van der Waals surface area contributed by atoms with Crippen molar-refractivity contribution in [3.05, 3.63) is 109 Å². The summed E-state index contributed by atoms with van der Waals surface area (Å²) in [6.45, 7) is 10.5. The van der Waals surface area contributed by atoms with Gasteiger partial charge in [0.05, 0.1) is 17.0 Å². The predicted octanol–water partition coefficient (Wildman–Crippen LogP) is 7.11. The maximum absolute atomic E-state index is 13.7. The average Bonchev–Trinajstić information content (AvgIpc) is 3.08. The summed E-state index contributed by atoms with van der Waals surface area (Å²) < 4.78 is 6.04. The van der Waals surface area contributed by atoms with Gasteiger partial charge in [-0.1, -0.05) is 62.7 Å². The number of carbonyl (C=O) groups is 1. The zero-order valence-corrected chi connectivity index (χ0v) is 20.7. The lowest BCUT2D eigenvalue weighted by molar-refractivity contribution is 0.0971. The average molecular weight is 472 g/mol. The lowest BCUT2D eigenvalue weighted by Gasteiger charge is -2.27. The van der Waals surface area contributed by atoms with Crippen molar-refractivity contribution >= 4 is 34.2 Å². The van der Waals surface area contributed by atoms with E-state index in [1.807, 2.05) is 44.2 Å². The number of benzene rings is 3. The molecular weight excluding hydrogens is 446 g/mol. The fourth-order valence-corrected chi connectivity index (χ4v) is 4.74. The molecule has 0 spiro atoms. The summed E-state index contributed by atoms with van der Waals surface area (Å²) in [4.78, 5) is 29.1. The molecule has 172 valence electrons. The molecular formula is C29H26ClNO3. The predicted molar refractivity (Wildman–Crippen MR) is 137 cm³/mol. The maximum atomic E-state index is 13.7. The first kappa shape index (κ1) is 22.4. The Balaban J connectivity index is 1.78. The Hall–Kier alpha value is -3.37. The molecule has 4 nitrogen and oxygen atoms in total. The van der Waals surface area contributed by atoms with E-state index in [2.05, 4.69) is 32.9 Å². The summed E-state index contributed by atoms with van der Waals surface area (Å²) in [6.07, 6.45) is 0. The normalized spacial score (nSPS) is 15.8. The smallest absolute Gasteiger partial charge is 0.295 e. The summed E-state index contributed by atoms with van der Waals surface area (Å²) in [5, 5.41) is 0.818. The molecule has 1 aromatic heterocycles. The molecule has 2 heterocycles. The summed E-state index contributed by atoms with van der Waals surface area (Å²) in [5.41, 5.74) is 5.42. The summed E-state index contributed by atoms with van der Waals surface area (Å²) in [7, 11) is 0. The molecule has 1 aliphatic rings. The highest BCUT2D eigenvalue weighted by Crippen LogP contribution is 2.42. The number of halogens is 1. The van der Waals surface area contributed by atoms with Crippen LogP contribution >= 0.6 is 11.6 Å². The van der Waals surface area contributed by atoms with Crippen molar-refractivity contribution in [3.63, 3.8) is 0 Å². The number of nitrogens with zero attached hydrogens (tertiary/aromatic N) is 1. The third-order valence-corrected chi connectivity index (χ3v) is 6.93. The number of rotatable bonds is 2. The van der Waals surface area contributed by atoms with E-state index >= 15 is 0 Å². The van der Waals surface area contributed by atoms with E-state index in [9.17, 15) is 9.59 Å². The molecule has 1 aliphatic heterocycles. The van der Waals surface area contributed by atoms with Crippen LogP contribution in [-0.2, 0) is 5.41 Å². The van der Waals surface area contributed by atoms with Gasteiger partial charge in [0.25, 0.3) is 5.91 Å². The molecule has 0 saturated carbocycles. The van der Waals surface area contributed by atoms with Crippen molar-refractivity contribution in [2.75, 3.05) is 4.90 Å². The number of aryl methyl sites for hydroxylation is 2.